The third-order valence-electron chi connectivity index (χ3n) is 2.65. The Bertz CT molecular complexity index is 617. The highest BCUT2D eigenvalue weighted by Crippen LogP contribution is 2.22. The number of ether oxygens (including phenoxy) is 1. The average molecular weight is 290 g/mol. The lowest BCUT2D eigenvalue weighted by Gasteiger charge is -2.18. The fourth-order valence-electron chi connectivity index (χ4n) is 1.88. The van der Waals surface area contributed by atoms with Crippen molar-refractivity contribution in [3.63, 3.8) is 0 Å². The largest absolute Gasteiger partial charge is 0.461 e. The van der Waals surface area contributed by atoms with Crippen molar-refractivity contribution < 1.29 is 14.6 Å². The van der Waals surface area contributed by atoms with E-state index >= 15 is 0 Å². The molecule has 0 saturated carbocycles. The van der Waals surface area contributed by atoms with Gasteiger partial charge in [0, 0.05) is 6.20 Å². The van der Waals surface area contributed by atoms with Gasteiger partial charge >= 0.3 is 5.97 Å². The van der Waals surface area contributed by atoms with Crippen LogP contribution in [0.5, 0.6) is 0 Å². The van der Waals surface area contributed by atoms with Crippen LogP contribution in [0.15, 0.2) is 24.4 Å². The molecule has 0 bridgehead atoms. The highest BCUT2D eigenvalue weighted by atomic mass is 16.5. The molecule has 0 unspecified atom stereocenters. The van der Waals surface area contributed by atoms with Gasteiger partial charge in [-0.1, -0.05) is 11.3 Å². The molecule has 0 spiro atoms. The maximum atomic E-state index is 12.0. The highest BCUT2D eigenvalue weighted by molar-refractivity contribution is 5.93. The molecule has 0 radical (unpaired) electrons. The molecular weight excluding hydrogens is 272 g/mol. The second-order valence-electron chi connectivity index (χ2n) is 5.19. The van der Waals surface area contributed by atoms with Crippen molar-refractivity contribution in [3.05, 3.63) is 30.1 Å². The maximum absolute atomic E-state index is 12.0. The van der Waals surface area contributed by atoms with Crippen LogP contribution in [-0.4, -0.2) is 43.3 Å². The van der Waals surface area contributed by atoms with Gasteiger partial charge in [0.1, 0.15) is 5.69 Å². The van der Waals surface area contributed by atoms with Gasteiger partial charge in [0.05, 0.1) is 24.4 Å². The standard InChI is InChI=1S/C14H18N4O3/c1-4-21-13(19)11-12(10-7-5-6-8-15-10)18(17-16-11)9-14(2,3)20/h5-8,20H,4,9H2,1-3H3. The van der Waals surface area contributed by atoms with Gasteiger partial charge in [0.2, 0.25) is 0 Å². The molecule has 7 heteroatoms. The van der Waals surface area contributed by atoms with Crippen LogP contribution < -0.4 is 0 Å². The Hall–Kier alpha value is -2.28. The molecule has 2 aromatic heterocycles. The molecule has 2 heterocycles. The van der Waals surface area contributed by atoms with Crippen molar-refractivity contribution >= 4 is 5.97 Å². The lowest BCUT2D eigenvalue weighted by Crippen LogP contribution is -2.27. The van der Waals surface area contributed by atoms with E-state index < -0.39 is 11.6 Å². The molecule has 0 aromatic carbocycles. The zero-order valence-electron chi connectivity index (χ0n) is 12.3. The Labute approximate surface area is 122 Å². The van der Waals surface area contributed by atoms with E-state index in [2.05, 4.69) is 15.3 Å². The van der Waals surface area contributed by atoms with Gasteiger partial charge in [-0.15, -0.1) is 5.10 Å². The number of carbonyl (C=O) groups is 1. The summed E-state index contributed by atoms with van der Waals surface area (Å²) in [4.78, 5) is 16.2. The third-order valence-corrected chi connectivity index (χ3v) is 2.65. The molecule has 0 fully saturated rings. The van der Waals surface area contributed by atoms with Gasteiger partial charge in [-0.25, -0.2) is 9.48 Å². The lowest BCUT2D eigenvalue weighted by atomic mass is 10.1. The summed E-state index contributed by atoms with van der Waals surface area (Å²) in [6.07, 6.45) is 1.62. The Morgan fingerprint density at radius 3 is 2.76 bits per heavy atom. The van der Waals surface area contributed by atoms with Crippen LogP contribution >= 0.6 is 0 Å². The smallest absolute Gasteiger partial charge is 0.361 e. The van der Waals surface area contributed by atoms with E-state index in [1.165, 1.54) is 4.68 Å². The summed E-state index contributed by atoms with van der Waals surface area (Å²) < 4.78 is 6.46. The molecule has 0 aliphatic carbocycles. The monoisotopic (exact) mass is 290 g/mol. The van der Waals surface area contributed by atoms with Gasteiger partial charge in [-0.05, 0) is 32.9 Å². The maximum Gasteiger partial charge on any atom is 0.361 e. The third kappa shape index (κ3) is 3.63. The van der Waals surface area contributed by atoms with Gasteiger partial charge in [0.25, 0.3) is 0 Å². The first-order valence-corrected chi connectivity index (χ1v) is 6.67. The van der Waals surface area contributed by atoms with E-state index in [1.54, 1.807) is 45.2 Å². The fourth-order valence-corrected chi connectivity index (χ4v) is 1.88. The number of esters is 1. The van der Waals surface area contributed by atoms with Crippen LogP contribution in [0.25, 0.3) is 11.4 Å². The molecule has 21 heavy (non-hydrogen) atoms. The Kier molecular flexibility index (Phi) is 4.32. The van der Waals surface area contributed by atoms with Crippen LogP contribution in [0.4, 0.5) is 0 Å². The van der Waals surface area contributed by atoms with Crippen molar-refractivity contribution in [2.45, 2.75) is 32.9 Å². The van der Waals surface area contributed by atoms with Gasteiger partial charge < -0.3 is 9.84 Å². The fraction of sp³-hybridized carbons (Fsp3) is 0.429. The summed E-state index contributed by atoms with van der Waals surface area (Å²) in [5.74, 6) is -0.555. The van der Waals surface area contributed by atoms with Crippen LogP contribution in [0.1, 0.15) is 31.3 Å². The van der Waals surface area contributed by atoms with Crippen molar-refractivity contribution in [2.75, 3.05) is 6.61 Å². The van der Waals surface area contributed by atoms with Gasteiger partial charge in [0.15, 0.2) is 5.69 Å². The molecule has 0 aliphatic rings. The predicted molar refractivity (Wildman–Crippen MR) is 75.5 cm³/mol. The molecule has 0 saturated heterocycles. The minimum absolute atomic E-state index is 0.0970. The number of aromatic nitrogens is 4. The van der Waals surface area contributed by atoms with E-state index in [0.29, 0.717) is 11.4 Å². The highest BCUT2D eigenvalue weighted by Gasteiger charge is 2.26. The second kappa shape index (κ2) is 6.01. The topological polar surface area (TPSA) is 90.1 Å². The van der Waals surface area contributed by atoms with E-state index in [4.69, 9.17) is 4.74 Å². The molecule has 0 aliphatic heterocycles. The summed E-state index contributed by atoms with van der Waals surface area (Å²) in [5.41, 5.74) is 0.0918. The quantitative estimate of drug-likeness (QED) is 0.834. The molecule has 1 N–H and O–H groups in total. The summed E-state index contributed by atoms with van der Waals surface area (Å²) >= 11 is 0. The van der Waals surface area contributed by atoms with E-state index in [1.807, 2.05) is 0 Å². The molecule has 7 nitrogen and oxygen atoms in total. The first-order valence-electron chi connectivity index (χ1n) is 6.67. The zero-order valence-corrected chi connectivity index (χ0v) is 12.3. The van der Waals surface area contributed by atoms with Crippen LogP contribution in [0.3, 0.4) is 0 Å². The van der Waals surface area contributed by atoms with E-state index in [0.717, 1.165) is 0 Å². The normalized spacial score (nSPS) is 11.4. The predicted octanol–water partition coefficient (Wildman–Crippen LogP) is 1.29. The number of hydrogen-bond donors (Lipinski definition) is 1. The van der Waals surface area contributed by atoms with Crippen molar-refractivity contribution in [1.29, 1.82) is 0 Å². The molecule has 112 valence electrons. The molecule has 2 aromatic rings. The van der Waals surface area contributed by atoms with Crippen LogP contribution in [0.2, 0.25) is 0 Å². The van der Waals surface area contributed by atoms with Gasteiger partial charge in [-0.2, -0.15) is 0 Å². The number of aliphatic hydroxyl groups is 1. The first kappa shape index (κ1) is 15.1. The van der Waals surface area contributed by atoms with Crippen molar-refractivity contribution in [3.8, 4) is 11.4 Å². The number of carbonyl (C=O) groups excluding carboxylic acids is 1. The summed E-state index contributed by atoms with van der Waals surface area (Å²) in [6, 6.07) is 5.33. The van der Waals surface area contributed by atoms with E-state index in [-0.39, 0.29) is 18.8 Å². The zero-order chi connectivity index (χ0) is 15.5. The number of nitrogens with zero attached hydrogens (tertiary/aromatic N) is 4. The molecule has 2 rings (SSSR count). The van der Waals surface area contributed by atoms with Crippen LogP contribution in [0, 0.1) is 0 Å². The van der Waals surface area contributed by atoms with E-state index in [9.17, 15) is 9.90 Å². The summed E-state index contributed by atoms with van der Waals surface area (Å²) in [7, 11) is 0. The molecule has 0 atom stereocenters. The van der Waals surface area contributed by atoms with Crippen molar-refractivity contribution in [1.82, 2.24) is 20.0 Å². The van der Waals surface area contributed by atoms with Gasteiger partial charge in [-0.3, -0.25) is 4.98 Å². The second-order valence-corrected chi connectivity index (χ2v) is 5.19. The summed E-state index contributed by atoms with van der Waals surface area (Å²) in [6.45, 7) is 5.46. The SMILES string of the molecule is CCOC(=O)c1nnn(CC(C)(C)O)c1-c1ccccn1. The Balaban J connectivity index is 2.50. The molecular formula is C14H18N4O3. The summed E-state index contributed by atoms with van der Waals surface area (Å²) in [5, 5.41) is 17.8. The lowest BCUT2D eigenvalue weighted by molar-refractivity contribution is 0.0516. The van der Waals surface area contributed by atoms with Crippen LogP contribution in [-0.2, 0) is 11.3 Å². The number of rotatable bonds is 5. The first-order chi connectivity index (χ1) is 9.92. The Morgan fingerprint density at radius 1 is 1.43 bits per heavy atom. The average Bonchev–Trinajstić information content (AvgIpc) is 2.81. The minimum atomic E-state index is -0.997. The Morgan fingerprint density at radius 2 is 2.19 bits per heavy atom. The molecule has 0 amide bonds. The number of pyridine rings is 1. The van der Waals surface area contributed by atoms with Crippen molar-refractivity contribution in [2.24, 2.45) is 0 Å². The number of hydrogen-bond acceptors (Lipinski definition) is 6. The minimum Gasteiger partial charge on any atom is -0.461 e.